The van der Waals surface area contributed by atoms with Crippen LogP contribution in [0, 0.1) is 13.8 Å². The molecule has 1 saturated carbocycles. The second-order valence-electron chi connectivity index (χ2n) is 9.08. The lowest BCUT2D eigenvalue weighted by Gasteiger charge is -2.21. The van der Waals surface area contributed by atoms with Crippen LogP contribution in [-0.2, 0) is 12.7 Å². The summed E-state index contributed by atoms with van der Waals surface area (Å²) in [4.78, 5) is 28.2. The van der Waals surface area contributed by atoms with Crippen LogP contribution in [0.5, 0.6) is 0 Å². The van der Waals surface area contributed by atoms with Gasteiger partial charge in [0.25, 0.3) is 11.5 Å². The van der Waals surface area contributed by atoms with E-state index in [0.29, 0.717) is 34.5 Å². The fraction of sp³-hybridized carbons (Fsp3) is 0.462. The summed E-state index contributed by atoms with van der Waals surface area (Å²) in [5.41, 5.74) is 2.18. The summed E-state index contributed by atoms with van der Waals surface area (Å²) >= 11 is 0. The molecule has 0 atom stereocenters. The van der Waals surface area contributed by atoms with Gasteiger partial charge < -0.3 is 15.6 Å². The molecule has 34 heavy (non-hydrogen) atoms. The second-order valence-corrected chi connectivity index (χ2v) is 9.08. The molecule has 0 saturated heterocycles. The number of hydrogen-bond acceptors (Lipinski definition) is 3. The first-order valence-electron chi connectivity index (χ1n) is 11.7. The molecule has 2 aromatic rings. The minimum atomic E-state index is -4.60. The van der Waals surface area contributed by atoms with Crippen molar-refractivity contribution in [2.24, 2.45) is 0 Å². The molecule has 8 heteroatoms. The quantitative estimate of drug-likeness (QED) is 0.452. The third-order valence-corrected chi connectivity index (χ3v) is 6.33. The Kier molecular flexibility index (Phi) is 7.89. The molecule has 0 radical (unpaired) electrons. The Balaban J connectivity index is 2.05. The zero-order valence-electron chi connectivity index (χ0n) is 20.1. The van der Waals surface area contributed by atoms with Gasteiger partial charge in [0.2, 0.25) is 0 Å². The minimum absolute atomic E-state index is 0.0654. The number of pyridine rings is 1. The third kappa shape index (κ3) is 6.10. The lowest BCUT2D eigenvalue weighted by Crippen LogP contribution is -2.29. The van der Waals surface area contributed by atoms with E-state index in [1.165, 1.54) is 0 Å². The van der Waals surface area contributed by atoms with Crippen molar-refractivity contribution in [1.82, 2.24) is 10.3 Å². The number of aryl methyl sites for hydroxylation is 2. The first kappa shape index (κ1) is 25.6. The molecule has 1 aromatic carbocycles. The van der Waals surface area contributed by atoms with Crippen molar-refractivity contribution >= 4 is 17.7 Å². The first-order valence-corrected chi connectivity index (χ1v) is 11.7. The van der Waals surface area contributed by atoms with Crippen LogP contribution in [0.15, 0.2) is 28.6 Å². The maximum atomic E-state index is 13.8. The van der Waals surface area contributed by atoms with E-state index in [1.807, 2.05) is 13.8 Å². The highest BCUT2D eigenvalue weighted by Crippen LogP contribution is 2.36. The number of hydrogen-bond donors (Lipinski definition) is 3. The largest absolute Gasteiger partial charge is 0.416 e. The van der Waals surface area contributed by atoms with Gasteiger partial charge in [-0.1, -0.05) is 31.4 Å². The average molecular weight is 476 g/mol. The fourth-order valence-electron chi connectivity index (χ4n) is 4.28. The second kappa shape index (κ2) is 10.5. The van der Waals surface area contributed by atoms with Gasteiger partial charge in [-0.2, -0.15) is 13.2 Å². The van der Waals surface area contributed by atoms with Crippen molar-refractivity contribution in [3.63, 3.8) is 0 Å². The molecule has 1 fully saturated rings. The first-order chi connectivity index (χ1) is 16.0. The Morgan fingerprint density at radius 3 is 2.44 bits per heavy atom. The number of aromatic amines is 1. The van der Waals surface area contributed by atoms with Gasteiger partial charge in [-0.15, -0.1) is 0 Å². The molecule has 1 aromatic heterocycles. The number of amides is 1. The maximum Gasteiger partial charge on any atom is 0.416 e. The number of alkyl halides is 3. The molecule has 0 spiro atoms. The van der Waals surface area contributed by atoms with E-state index in [9.17, 15) is 22.8 Å². The molecule has 1 heterocycles. The summed E-state index contributed by atoms with van der Waals surface area (Å²) in [5, 5.41) is 5.93. The molecular weight excluding hydrogens is 443 g/mol. The number of anilines is 1. The highest BCUT2D eigenvalue weighted by Gasteiger charge is 2.33. The van der Waals surface area contributed by atoms with Gasteiger partial charge in [-0.05, 0) is 63.8 Å². The van der Waals surface area contributed by atoms with E-state index >= 15 is 0 Å². The van der Waals surface area contributed by atoms with E-state index in [4.69, 9.17) is 0 Å². The number of rotatable bonds is 7. The van der Waals surface area contributed by atoms with E-state index < -0.39 is 17.6 Å². The monoisotopic (exact) mass is 475 g/mol. The molecule has 5 nitrogen and oxygen atoms in total. The molecule has 1 amide bonds. The predicted molar refractivity (Wildman–Crippen MR) is 129 cm³/mol. The van der Waals surface area contributed by atoms with E-state index in [2.05, 4.69) is 15.6 Å². The Morgan fingerprint density at radius 1 is 1.18 bits per heavy atom. The van der Waals surface area contributed by atoms with Gasteiger partial charge in [-0.25, -0.2) is 0 Å². The fourth-order valence-corrected chi connectivity index (χ4v) is 4.28. The van der Waals surface area contributed by atoms with E-state index in [0.717, 1.165) is 43.4 Å². The Bertz CT molecular complexity index is 1140. The summed E-state index contributed by atoms with van der Waals surface area (Å²) in [7, 11) is 0. The van der Waals surface area contributed by atoms with Crippen LogP contribution >= 0.6 is 0 Å². The zero-order chi connectivity index (χ0) is 25.0. The van der Waals surface area contributed by atoms with Gasteiger partial charge in [0.05, 0.1) is 5.56 Å². The molecule has 3 N–H and O–H groups in total. The molecule has 3 rings (SSSR count). The van der Waals surface area contributed by atoms with Gasteiger partial charge in [0, 0.05) is 40.7 Å². The maximum absolute atomic E-state index is 13.8. The number of aromatic nitrogens is 1. The Morgan fingerprint density at radius 2 is 1.85 bits per heavy atom. The zero-order valence-corrected chi connectivity index (χ0v) is 20.1. The van der Waals surface area contributed by atoms with Gasteiger partial charge in [0.1, 0.15) is 0 Å². The van der Waals surface area contributed by atoms with Crippen LogP contribution in [0.1, 0.15) is 84.3 Å². The number of carbonyl (C=O) groups excluding carboxylic acids is 1. The summed E-state index contributed by atoms with van der Waals surface area (Å²) in [6, 6.07) is 3.85. The number of nitrogens with one attached hydrogen (secondary N) is 3. The molecule has 1 aliphatic rings. The van der Waals surface area contributed by atoms with Gasteiger partial charge in [0.15, 0.2) is 0 Å². The standard InChI is InChI=1S/C26H32F3N3O2/c1-5-15(2)10-20-21(24(33)30-14-22-16(3)11-17(4)31-25(22)34)12-18(26(27,28)29)13-23(20)32-19-8-6-7-9-19/h10-13,19,32H,5-9,14H2,1-4H3,(H,30,33)(H,31,34). The van der Waals surface area contributed by atoms with Crippen molar-refractivity contribution < 1.29 is 18.0 Å². The summed E-state index contributed by atoms with van der Waals surface area (Å²) in [5.74, 6) is -0.657. The average Bonchev–Trinajstić information content (AvgIpc) is 3.26. The Hall–Kier alpha value is -3.03. The van der Waals surface area contributed by atoms with Crippen molar-refractivity contribution in [2.75, 3.05) is 5.32 Å². The van der Waals surface area contributed by atoms with Crippen LogP contribution in [0.4, 0.5) is 18.9 Å². The van der Waals surface area contributed by atoms with Gasteiger partial charge in [-0.3, -0.25) is 9.59 Å². The number of allylic oxidation sites excluding steroid dienone is 1. The minimum Gasteiger partial charge on any atom is -0.382 e. The molecule has 0 unspecified atom stereocenters. The molecule has 0 bridgehead atoms. The molecule has 1 aliphatic carbocycles. The molecule has 184 valence electrons. The number of carbonyl (C=O) groups is 1. The summed E-state index contributed by atoms with van der Waals surface area (Å²) < 4.78 is 41.3. The lowest BCUT2D eigenvalue weighted by atomic mass is 9.97. The van der Waals surface area contributed by atoms with Crippen LogP contribution in [-0.4, -0.2) is 16.9 Å². The van der Waals surface area contributed by atoms with Crippen LogP contribution in [0.2, 0.25) is 0 Å². The Labute approximate surface area is 197 Å². The summed E-state index contributed by atoms with van der Waals surface area (Å²) in [6.07, 6.45) is 1.67. The third-order valence-electron chi connectivity index (χ3n) is 6.33. The topological polar surface area (TPSA) is 74.0 Å². The lowest BCUT2D eigenvalue weighted by molar-refractivity contribution is -0.137. The van der Waals surface area contributed by atoms with Crippen molar-refractivity contribution in [1.29, 1.82) is 0 Å². The van der Waals surface area contributed by atoms with Crippen LogP contribution in [0.3, 0.4) is 0 Å². The highest BCUT2D eigenvalue weighted by atomic mass is 19.4. The van der Waals surface area contributed by atoms with E-state index in [-0.39, 0.29) is 23.7 Å². The van der Waals surface area contributed by atoms with Crippen molar-refractivity contribution in [3.05, 3.63) is 67.6 Å². The highest BCUT2D eigenvalue weighted by molar-refractivity contribution is 6.00. The molecular formula is C26H32F3N3O2. The van der Waals surface area contributed by atoms with Crippen LogP contribution in [0.25, 0.3) is 6.08 Å². The number of benzene rings is 1. The number of H-pyrrole nitrogens is 1. The molecule has 0 aliphatic heterocycles. The smallest absolute Gasteiger partial charge is 0.382 e. The van der Waals surface area contributed by atoms with E-state index in [1.54, 1.807) is 26.0 Å². The summed E-state index contributed by atoms with van der Waals surface area (Å²) in [6.45, 7) is 7.27. The van der Waals surface area contributed by atoms with Gasteiger partial charge >= 0.3 is 6.18 Å². The van der Waals surface area contributed by atoms with Crippen molar-refractivity contribution in [3.8, 4) is 0 Å². The normalized spacial score (nSPS) is 15.0. The SMILES string of the molecule is CCC(C)=Cc1c(NC2CCCC2)cc(C(F)(F)F)cc1C(=O)NCc1c(C)cc(C)[nH]c1=O. The number of halogens is 3. The van der Waals surface area contributed by atoms with Crippen LogP contribution < -0.4 is 16.2 Å². The predicted octanol–water partition coefficient (Wildman–Crippen LogP) is 6.11. The van der Waals surface area contributed by atoms with Crippen molar-refractivity contribution in [2.45, 2.75) is 78.6 Å².